The van der Waals surface area contributed by atoms with Crippen molar-refractivity contribution in [3.63, 3.8) is 0 Å². The Morgan fingerprint density at radius 2 is 1.74 bits per heavy atom. The average Bonchev–Trinajstić information content (AvgIpc) is 3.24. The number of H-pyrrole nitrogens is 1. The number of nitrogens with one attached hydrogen (secondary N) is 1. The Hall–Kier alpha value is -3.48. The van der Waals surface area contributed by atoms with Crippen molar-refractivity contribution < 1.29 is 19.1 Å². The van der Waals surface area contributed by atoms with Crippen molar-refractivity contribution >= 4 is 28.5 Å². The zero-order valence-electron chi connectivity index (χ0n) is 17.7. The normalized spacial score (nSPS) is 14.0. The number of para-hydroxylation sites is 3. The van der Waals surface area contributed by atoms with Crippen LogP contribution < -0.4 is 9.64 Å². The molecule has 0 spiro atoms. The molecule has 1 aliphatic heterocycles. The van der Waals surface area contributed by atoms with Gasteiger partial charge in [-0.3, -0.25) is 9.59 Å². The van der Waals surface area contributed by atoms with Gasteiger partial charge in [0, 0.05) is 49.7 Å². The maximum absolute atomic E-state index is 12.5. The molecule has 162 valence electrons. The molecule has 1 aliphatic rings. The van der Waals surface area contributed by atoms with E-state index in [1.165, 1.54) is 0 Å². The molecule has 1 fully saturated rings. The number of methoxy groups -OCH3 is 1. The number of fused-ring (bicyclic) bond motifs is 1. The van der Waals surface area contributed by atoms with Gasteiger partial charge in [0.2, 0.25) is 0 Å². The molecule has 1 N–H and O–H groups in total. The van der Waals surface area contributed by atoms with Gasteiger partial charge in [-0.2, -0.15) is 0 Å². The first-order valence-electron chi connectivity index (χ1n) is 10.5. The number of aromatic amines is 1. The lowest BCUT2D eigenvalue weighted by atomic mass is 10.1. The van der Waals surface area contributed by atoms with Gasteiger partial charge in [-0.1, -0.05) is 30.3 Å². The maximum atomic E-state index is 12.5. The SMILES string of the molecule is COc1ccccc1N1CCN(C(=O)COC(=O)CCc2c[nH]c3ccccc23)CC1. The average molecular weight is 421 g/mol. The number of rotatable bonds is 7. The number of hydrogen-bond donors (Lipinski definition) is 1. The Labute approximate surface area is 181 Å². The molecule has 31 heavy (non-hydrogen) atoms. The molecule has 7 nitrogen and oxygen atoms in total. The highest BCUT2D eigenvalue weighted by Crippen LogP contribution is 2.28. The molecule has 4 rings (SSSR count). The maximum Gasteiger partial charge on any atom is 0.306 e. The standard InChI is InChI=1S/C24H27N3O4/c1-30-22-9-5-4-8-21(22)26-12-14-27(15-13-26)23(28)17-31-24(29)11-10-18-16-25-20-7-3-2-6-19(18)20/h2-9,16,25H,10-15,17H2,1H3. The van der Waals surface area contributed by atoms with Crippen molar-refractivity contribution in [3.05, 3.63) is 60.3 Å². The summed E-state index contributed by atoms with van der Waals surface area (Å²) in [4.78, 5) is 31.8. The van der Waals surface area contributed by atoms with Crippen LogP contribution in [0.2, 0.25) is 0 Å². The van der Waals surface area contributed by atoms with Gasteiger partial charge in [-0.25, -0.2) is 0 Å². The molecule has 0 bridgehead atoms. The fraction of sp³-hybridized carbons (Fsp3) is 0.333. The number of ether oxygens (including phenoxy) is 2. The first-order valence-corrected chi connectivity index (χ1v) is 10.5. The summed E-state index contributed by atoms with van der Waals surface area (Å²) < 4.78 is 10.7. The number of esters is 1. The molecule has 7 heteroatoms. The number of piperazine rings is 1. The van der Waals surface area contributed by atoms with E-state index in [0.29, 0.717) is 32.6 Å². The number of aryl methyl sites for hydroxylation is 1. The molecule has 2 aromatic carbocycles. The monoisotopic (exact) mass is 421 g/mol. The summed E-state index contributed by atoms with van der Waals surface area (Å²) >= 11 is 0. The van der Waals surface area contributed by atoms with Crippen molar-refractivity contribution in [2.75, 3.05) is 44.8 Å². The number of nitrogens with zero attached hydrogens (tertiary/aromatic N) is 2. The molecule has 3 aromatic rings. The van der Waals surface area contributed by atoms with Crippen LogP contribution in [0.1, 0.15) is 12.0 Å². The van der Waals surface area contributed by atoms with Crippen LogP contribution in [0.4, 0.5) is 5.69 Å². The number of benzene rings is 2. The van der Waals surface area contributed by atoms with E-state index < -0.39 is 0 Å². The second-order valence-corrected chi connectivity index (χ2v) is 7.56. The van der Waals surface area contributed by atoms with Crippen LogP contribution in [0.25, 0.3) is 10.9 Å². The van der Waals surface area contributed by atoms with Crippen LogP contribution in [-0.4, -0.2) is 61.7 Å². The zero-order chi connectivity index (χ0) is 21.6. The minimum atomic E-state index is -0.355. The van der Waals surface area contributed by atoms with Crippen molar-refractivity contribution in [2.24, 2.45) is 0 Å². The first-order chi connectivity index (χ1) is 15.2. The molecule has 0 atom stereocenters. The smallest absolute Gasteiger partial charge is 0.306 e. The Bertz CT molecular complexity index is 1050. The third-order valence-corrected chi connectivity index (χ3v) is 5.69. The molecule has 0 saturated carbocycles. The quantitative estimate of drug-likeness (QED) is 0.594. The molecular weight excluding hydrogens is 394 g/mol. The predicted octanol–water partition coefficient (Wildman–Crippen LogP) is 3.00. The van der Waals surface area contributed by atoms with E-state index in [2.05, 4.69) is 9.88 Å². The molecule has 1 saturated heterocycles. The zero-order valence-corrected chi connectivity index (χ0v) is 17.7. The van der Waals surface area contributed by atoms with Crippen LogP contribution in [0, 0.1) is 0 Å². The highest BCUT2D eigenvalue weighted by atomic mass is 16.5. The largest absolute Gasteiger partial charge is 0.495 e. The van der Waals surface area contributed by atoms with E-state index in [1.54, 1.807) is 12.0 Å². The van der Waals surface area contributed by atoms with Crippen LogP contribution in [0.5, 0.6) is 5.75 Å². The third-order valence-electron chi connectivity index (χ3n) is 5.69. The van der Waals surface area contributed by atoms with E-state index in [-0.39, 0.29) is 24.9 Å². The topological polar surface area (TPSA) is 74.9 Å². The van der Waals surface area contributed by atoms with Gasteiger partial charge in [0.25, 0.3) is 5.91 Å². The van der Waals surface area contributed by atoms with Crippen molar-refractivity contribution in [1.82, 2.24) is 9.88 Å². The Kier molecular flexibility index (Phi) is 6.40. The van der Waals surface area contributed by atoms with Crippen LogP contribution in [0.3, 0.4) is 0 Å². The lowest BCUT2D eigenvalue weighted by molar-refractivity contribution is -0.152. The van der Waals surface area contributed by atoms with Gasteiger partial charge in [0.15, 0.2) is 6.61 Å². The number of anilines is 1. The minimum Gasteiger partial charge on any atom is -0.495 e. The molecule has 1 amide bonds. The second-order valence-electron chi connectivity index (χ2n) is 7.56. The molecule has 2 heterocycles. The molecule has 0 unspecified atom stereocenters. The van der Waals surface area contributed by atoms with Crippen LogP contribution in [-0.2, 0) is 20.7 Å². The Balaban J connectivity index is 1.22. The third kappa shape index (κ3) is 4.82. The lowest BCUT2D eigenvalue weighted by Crippen LogP contribution is -2.50. The van der Waals surface area contributed by atoms with Gasteiger partial charge in [-0.15, -0.1) is 0 Å². The lowest BCUT2D eigenvalue weighted by Gasteiger charge is -2.36. The second kappa shape index (κ2) is 9.55. The molecular formula is C24H27N3O4. The van der Waals surface area contributed by atoms with E-state index in [0.717, 1.165) is 27.9 Å². The Morgan fingerprint density at radius 1 is 1.00 bits per heavy atom. The molecule has 0 aliphatic carbocycles. The van der Waals surface area contributed by atoms with Crippen molar-refractivity contribution in [3.8, 4) is 5.75 Å². The van der Waals surface area contributed by atoms with E-state index in [9.17, 15) is 9.59 Å². The van der Waals surface area contributed by atoms with Gasteiger partial charge < -0.3 is 24.3 Å². The fourth-order valence-corrected chi connectivity index (χ4v) is 3.97. The number of amides is 1. The van der Waals surface area contributed by atoms with Gasteiger partial charge >= 0.3 is 5.97 Å². The van der Waals surface area contributed by atoms with Gasteiger partial charge in [0.05, 0.1) is 12.8 Å². The summed E-state index contributed by atoms with van der Waals surface area (Å²) in [6, 6.07) is 15.8. The summed E-state index contributed by atoms with van der Waals surface area (Å²) in [5.74, 6) is 0.317. The van der Waals surface area contributed by atoms with Gasteiger partial charge in [0.1, 0.15) is 5.75 Å². The summed E-state index contributed by atoms with van der Waals surface area (Å²) in [5, 5.41) is 1.11. The summed E-state index contributed by atoms with van der Waals surface area (Å²) in [6.07, 6.45) is 2.75. The summed E-state index contributed by atoms with van der Waals surface area (Å²) in [5.41, 5.74) is 3.15. The van der Waals surface area contributed by atoms with Crippen molar-refractivity contribution in [1.29, 1.82) is 0 Å². The number of hydrogen-bond acceptors (Lipinski definition) is 5. The summed E-state index contributed by atoms with van der Waals surface area (Å²) in [6.45, 7) is 2.39. The van der Waals surface area contributed by atoms with Crippen LogP contribution in [0.15, 0.2) is 54.7 Å². The predicted molar refractivity (Wildman–Crippen MR) is 119 cm³/mol. The number of carbonyl (C=O) groups is 2. The van der Waals surface area contributed by atoms with E-state index in [4.69, 9.17) is 9.47 Å². The summed E-state index contributed by atoms with van der Waals surface area (Å²) in [7, 11) is 1.66. The van der Waals surface area contributed by atoms with E-state index >= 15 is 0 Å². The molecule has 1 aromatic heterocycles. The number of carbonyl (C=O) groups excluding carboxylic acids is 2. The number of aromatic nitrogens is 1. The Morgan fingerprint density at radius 3 is 2.55 bits per heavy atom. The van der Waals surface area contributed by atoms with E-state index in [1.807, 2.05) is 54.7 Å². The highest BCUT2D eigenvalue weighted by Gasteiger charge is 2.23. The highest BCUT2D eigenvalue weighted by molar-refractivity contribution is 5.84. The van der Waals surface area contributed by atoms with Crippen LogP contribution >= 0.6 is 0 Å². The fourth-order valence-electron chi connectivity index (χ4n) is 3.97. The van der Waals surface area contributed by atoms with Gasteiger partial charge in [-0.05, 0) is 30.2 Å². The molecule has 0 radical (unpaired) electrons. The van der Waals surface area contributed by atoms with Crippen molar-refractivity contribution in [2.45, 2.75) is 12.8 Å². The minimum absolute atomic E-state index is 0.153. The first kappa shape index (κ1) is 20.8.